The van der Waals surface area contributed by atoms with Crippen LogP contribution in [0.4, 0.5) is 0 Å². The van der Waals surface area contributed by atoms with E-state index in [1.54, 1.807) is 21.3 Å². The highest BCUT2D eigenvalue weighted by molar-refractivity contribution is 5.62. The van der Waals surface area contributed by atoms with E-state index >= 15 is 0 Å². The first-order chi connectivity index (χ1) is 12.5. The number of hydrogen-bond donors (Lipinski definition) is 1. The van der Waals surface area contributed by atoms with Crippen LogP contribution in [0.2, 0.25) is 0 Å². The SMILES string of the molecule is C=C1CN(C)C2Cc3ccc(OC)c(O)c3[C@@]13C(OC)C(OC)=CCC23. The Morgan fingerprint density at radius 3 is 2.65 bits per heavy atom. The van der Waals surface area contributed by atoms with Crippen molar-refractivity contribution in [3.05, 3.63) is 47.2 Å². The quantitative estimate of drug-likeness (QED) is 0.843. The molecule has 1 aromatic rings. The van der Waals surface area contributed by atoms with Crippen molar-refractivity contribution in [2.24, 2.45) is 5.92 Å². The maximum Gasteiger partial charge on any atom is 0.162 e. The predicted octanol–water partition coefficient (Wildman–Crippen LogP) is 2.63. The molecular weight excluding hydrogens is 330 g/mol. The second-order valence-corrected chi connectivity index (χ2v) is 7.58. The summed E-state index contributed by atoms with van der Waals surface area (Å²) in [7, 11) is 7.13. The fourth-order valence-electron chi connectivity index (χ4n) is 5.64. The van der Waals surface area contributed by atoms with Gasteiger partial charge >= 0.3 is 0 Å². The van der Waals surface area contributed by atoms with E-state index in [4.69, 9.17) is 14.2 Å². The standard InChI is InChI=1S/C21H27NO4/c1-12-11-22(2)15-10-13-6-8-16(24-3)19(23)18(13)21(12)14(15)7-9-17(25-4)20(21)26-5/h6,8-9,14-15,20,23H,1,7,10-11H2,2-5H3/t14?,15?,20?,21-/m1/s1. The molecule has 0 saturated carbocycles. The van der Waals surface area contributed by atoms with Crippen LogP contribution < -0.4 is 4.74 Å². The molecule has 1 aliphatic heterocycles. The molecule has 2 bridgehead atoms. The molecule has 1 aromatic carbocycles. The summed E-state index contributed by atoms with van der Waals surface area (Å²) in [5, 5.41) is 11.1. The molecule has 3 unspecified atom stereocenters. The van der Waals surface area contributed by atoms with Crippen LogP contribution in [0.1, 0.15) is 17.5 Å². The Balaban J connectivity index is 2.06. The van der Waals surface area contributed by atoms with Crippen molar-refractivity contribution in [2.75, 3.05) is 34.9 Å². The molecule has 1 heterocycles. The largest absolute Gasteiger partial charge is 0.504 e. The second-order valence-electron chi connectivity index (χ2n) is 7.58. The number of fused-ring (bicyclic) bond motifs is 1. The third-order valence-electron chi connectivity index (χ3n) is 6.65. The number of aromatic hydroxyl groups is 1. The van der Waals surface area contributed by atoms with Gasteiger partial charge < -0.3 is 19.3 Å². The van der Waals surface area contributed by atoms with Gasteiger partial charge in [-0.05, 0) is 49.1 Å². The minimum absolute atomic E-state index is 0.207. The molecule has 4 rings (SSSR count). The van der Waals surface area contributed by atoms with Gasteiger partial charge in [-0.3, -0.25) is 4.90 Å². The first-order valence-corrected chi connectivity index (χ1v) is 9.05. The summed E-state index contributed by atoms with van der Waals surface area (Å²) < 4.78 is 17.1. The Bertz CT molecular complexity index is 786. The van der Waals surface area contributed by atoms with Crippen molar-refractivity contribution in [1.82, 2.24) is 4.90 Å². The molecule has 140 valence electrons. The maximum atomic E-state index is 11.1. The Morgan fingerprint density at radius 2 is 2.00 bits per heavy atom. The summed E-state index contributed by atoms with van der Waals surface area (Å²) in [5.41, 5.74) is 2.58. The number of likely N-dealkylation sites (N-methyl/N-ethyl adjacent to an activating group) is 1. The molecule has 5 nitrogen and oxygen atoms in total. The van der Waals surface area contributed by atoms with Crippen molar-refractivity contribution < 1.29 is 19.3 Å². The molecule has 1 saturated heterocycles. The number of rotatable bonds is 3. The number of nitrogens with zero attached hydrogens (tertiary/aromatic N) is 1. The van der Waals surface area contributed by atoms with Gasteiger partial charge in [-0.15, -0.1) is 0 Å². The minimum atomic E-state index is -0.516. The topological polar surface area (TPSA) is 51.2 Å². The molecule has 0 radical (unpaired) electrons. The van der Waals surface area contributed by atoms with E-state index in [1.165, 1.54) is 0 Å². The molecular formula is C21H27NO4. The summed E-state index contributed by atoms with van der Waals surface area (Å²) in [6, 6.07) is 4.29. The van der Waals surface area contributed by atoms with Gasteiger partial charge in [0, 0.05) is 25.3 Å². The molecule has 3 aliphatic rings. The van der Waals surface area contributed by atoms with Gasteiger partial charge in [0.15, 0.2) is 11.5 Å². The van der Waals surface area contributed by atoms with E-state index in [0.717, 1.165) is 41.8 Å². The van der Waals surface area contributed by atoms with Crippen molar-refractivity contribution >= 4 is 0 Å². The summed E-state index contributed by atoms with van der Waals surface area (Å²) in [6.45, 7) is 5.24. The van der Waals surface area contributed by atoms with Crippen molar-refractivity contribution in [3.63, 3.8) is 0 Å². The number of ether oxygens (including phenoxy) is 3. The van der Waals surface area contributed by atoms with Crippen LogP contribution in [0.5, 0.6) is 11.5 Å². The summed E-state index contributed by atoms with van der Waals surface area (Å²) in [4.78, 5) is 2.38. The Kier molecular flexibility index (Phi) is 4.04. The molecule has 5 heteroatoms. The second kappa shape index (κ2) is 6.03. The van der Waals surface area contributed by atoms with E-state index in [0.29, 0.717) is 11.8 Å². The van der Waals surface area contributed by atoms with E-state index in [2.05, 4.69) is 30.7 Å². The Labute approximate surface area is 154 Å². The third kappa shape index (κ3) is 1.98. The fourth-order valence-corrected chi connectivity index (χ4v) is 5.64. The molecule has 0 amide bonds. The van der Waals surface area contributed by atoms with Gasteiger partial charge in [0.2, 0.25) is 0 Å². The zero-order valence-electron chi connectivity index (χ0n) is 15.9. The highest BCUT2D eigenvalue weighted by Crippen LogP contribution is 2.60. The van der Waals surface area contributed by atoms with Crippen LogP contribution in [0, 0.1) is 5.92 Å². The minimum Gasteiger partial charge on any atom is -0.504 e. The Morgan fingerprint density at radius 1 is 1.23 bits per heavy atom. The molecule has 1 fully saturated rings. The van der Waals surface area contributed by atoms with Gasteiger partial charge in [0.25, 0.3) is 0 Å². The number of piperidine rings is 1. The van der Waals surface area contributed by atoms with Crippen LogP contribution in [0.15, 0.2) is 36.1 Å². The maximum absolute atomic E-state index is 11.1. The molecule has 1 N–H and O–H groups in total. The zero-order valence-corrected chi connectivity index (χ0v) is 15.9. The number of benzene rings is 1. The summed E-state index contributed by atoms with van der Waals surface area (Å²) in [5.74, 6) is 1.77. The van der Waals surface area contributed by atoms with Crippen molar-refractivity contribution in [2.45, 2.75) is 30.4 Å². The molecule has 26 heavy (non-hydrogen) atoms. The van der Waals surface area contributed by atoms with Gasteiger partial charge in [-0.25, -0.2) is 0 Å². The van der Waals surface area contributed by atoms with Gasteiger partial charge in [-0.1, -0.05) is 12.6 Å². The molecule has 2 aliphatic carbocycles. The van der Waals surface area contributed by atoms with Gasteiger partial charge in [0.1, 0.15) is 11.9 Å². The molecule has 0 aromatic heterocycles. The van der Waals surface area contributed by atoms with Crippen molar-refractivity contribution in [1.29, 1.82) is 0 Å². The van der Waals surface area contributed by atoms with E-state index in [-0.39, 0.29) is 17.8 Å². The number of phenols is 1. The Hall–Kier alpha value is -1.98. The normalized spacial score (nSPS) is 33.2. The zero-order chi connectivity index (χ0) is 18.6. The average molecular weight is 357 g/mol. The molecule has 0 spiro atoms. The number of phenolic OH excluding ortho intramolecular Hbond substituents is 1. The summed E-state index contributed by atoms with van der Waals surface area (Å²) in [6.07, 6.45) is 3.59. The first kappa shape index (κ1) is 17.4. The van der Waals surface area contributed by atoms with E-state index < -0.39 is 5.41 Å². The average Bonchev–Trinajstić information content (AvgIpc) is 2.64. The van der Waals surface area contributed by atoms with E-state index in [1.807, 2.05) is 6.07 Å². The lowest BCUT2D eigenvalue weighted by Crippen LogP contribution is -2.65. The smallest absolute Gasteiger partial charge is 0.162 e. The predicted molar refractivity (Wildman–Crippen MR) is 99.6 cm³/mol. The lowest BCUT2D eigenvalue weighted by Gasteiger charge is -2.60. The van der Waals surface area contributed by atoms with Crippen molar-refractivity contribution in [3.8, 4) is 11.5 Å². The lowest BCUT2D eigenvalue weighted by molar-refractivity contribution is -0.0467. The highest BCUT2D eigenvalue weighted by atomic mass is 16.5. The van der Waals surface area contributed by atoms with Gasteiger partial charge in [-0.2, -0.15) is 0 Å². The third-order valence-corrected chi connectivity index (χ3v) is 6.65. The number of methoxy groups -OCH3 is 3. The van der Waals surface area contributed by atoms with Crippen LogP contribution in [0.25, 0.3) is 0 Å². The van der Waals surface area contributed by atoms with Gasteiger partial charge in [0.05, 0.1) is 19.6 Å². The molecule has 4 atom stereocenters. The summed E-state index contributed by atoms with van der Waals surface area (Å²) >= 11 is 0. The van der Waals surface area contributed by atoms with Crippen LogP contribution in [0.3, 0.4) is 0 Å². The monoisotopic (exact) mass is 357 g/mol. The fraction of sp³-hybridized carbons (Fsp3) is 0.524. The van der Waals surface area contributed by atoms with Crippen LogP contribution >= 0.6 is 0 Å². The number of likely N-dealkylation sites (tertiary alicyclic amines) is 1. The number of allylic oxidation sites excluding steroid dienone is 1. The highest BCUT2D eigenvalue weighted by Gasteiger charge is 2.62. The van der Waals surface area contributed by atoms with E-state index in [9.17, 15) is 5.11 Å². The first-order valence-electron chi connectivity index (χ1n) is 9.05. The number of hydrogen-bond acceptors (Lipinski definition) is 5. The van der Waals surface area contributed by atoms with Crippen LogP contribution in [-0.2, 0) is 21.3 Å². The lowest BCUT2D eigenvalue weighted by atomic mass is 9.50. The van der Waals surface area contributed by atoms with Crippen LogP contribution in [-0.4, -0.2) is 57.1 Å².